The molecule has 3 aromatic carbocycles. The van der Waals surface area contributed by atoms with Crippen LogP contribution in [0, 0.1) is 0 Å². The van der Waals surface area contributed by atoms with Crippen LogP contribution >= 0.6 is 23.4 Å². The van der Waals surface area contributed by atoms with Crippen molar-refractivity contribution < 1.29 is 19.7 Å². The summed E-state index contributed by atoms with van der Waals surface area (Å²) < 4.78 is 9.08. The molecule has 0 fully saturated rings. The second kappa shape index (κ2) is 14.0. The van der Waals surface area contributed by atoms with Gasteiger partial charge in [0.15, 0.2) is 11.5 Å². The molecule has 6 aromatic rings. The van der Waals surface area contributed by atoms with E-state index in [1.54, 1.807) is 28.6 Å². The molecule has 0 aliphatic rings. The number of amides is 2. The Hall–Kier alpha value is -5.04. The van der Waals surface area contributed by atoms with Gasteiger partial charge >= 0.3 is 6.03 Å². The molecule has 0 aliphatic heterocycles. The zero-order valence-electron chi connectivity index (χ0n) is 26.5. The van der Waals surface area contributed by atoms with Gasteiger partial charge in [0.1, 0.15) is 23.9 Å². The van der Waals surface area contributed by atoms with Crippen molar-refractivity contribution in [3.63, 3.8) is 0 Å². The Balaban J connectivity index is 1.18. The number of carbonyl (C=O) groups excluding carboxylic acids is 1. The molecule has 11 nitrogen and oxygen atoms in total. The molecule has 4 N–H and O–H groups in total. The van der Waals surface area contributed by atoms with E-state index in [1.807, 2.05) is 98.1 Å². The standard InChI is InChI=1S/C35H34ClN7O4S/c1-35(2,3)30-19-32(43(41-30)24-11-13-27(36)28(45)18-24)38-34(46)37-20-23-7-4-5-10-29(23)48-26-12-14-31-39-40-33(42(31)21-26)22-8-6-9-25(17-22)47-16-15-44/h4-14,17-19,21,44-45H,15-16,20H2,1-3H3,(H2,37,38,46). The average molecular weight is 684 g/mol. The van der Waals surface area contributed by atoms with Crippen LogP contribution in [0.1, 0.15) is 32.0 Å². The lowest BCUT2D eigenvalue weighted by atomic mass is 9.92. The topological polar surface area (TPSA) is 139 Å². The normalized spacial score (nSPS) is 11.5. The van der Waals surface area contributed by atoms with Gasteiger partial charge in [-0.3, -0.25) is 9.72 Å². The molecule has 0 aliphatic carbocycles. The first-order valence-corrected chi connectivity index (χ1v) is 16.4. The van der Waals surface area contributed by atoms with Gasteiger partial charge in [-0.1, -0.05) is 74.5 Å². The Morgan fingerprint density at radius 1 is 1.00 bits per heavy atom. The number of aromatic hydroxyl groups is 1. The van der Waals surface area contributed by atoms with E-state index in [2.05, 4.69) is 20.8 Å². The van der Waals surface area contributed by atoms with E-state index in [4.69, 9.17) is 26.5 Å². The number of aliphatic hydroxyl groups is 1. The highest BCUT2D eigenvalue weighted by molar-refractivity contribution is 7.99. The number of carbonyl (C=O) groups is 1. The molecule has 0 spiro atoms. The summed E-state index contributed by atoms with van der Waals surface area (Å²) in [5, 5.41) is 38.9. The van der Waals surface area contributed by atoms with Gasteiger partial charge in [-0.05, 0) is 48.0 Å². The Morgan fingerprint density at radius 3 is 2.62 bits per heavy atom. The van der Waals surface area contributed by atoms with Gasteiger partial charge in [0.2, 0.25) is 0 Å². The van der Waals surface area contributed by atoms with Gasteiger partial charge in [0.25, 0.3) is 0 Å². The van der Waals surface area contributed by atoms with Gasteiger partial charge in [-0.25, -0.2) is 9.48 Å². The van der Waals surface area contributed by atoms with E-state index < -0.39 is 6.03 Å². The first-order chi connectivity index (χ1) is 23.1. The number of aromatic nitrogens is 5. The van der Waals surface area contributed by atoms with Crippen LogP contribution in [0.15, 0.2) is 101 Å². The minimum absolute atomic E-state index is 0.0687. The maximum absolute atomic E-state index is 13.2. The highest BCUT2D eigenvalue weighted by atomic mass is 35.5. The zero-order valence-corrected chi connectivity index (χ0v) is 28.1. The molecule has 3 aromatic heterocycles. The number of anilines is 1. The monoisotopic (exact) mass is 683 g/mol. The van der Waals surface area contributed by atoms with Crippen molar-refractivity contribution in [1.82, 2.24) is 29.7 Å². The summed E-state index contributed by atoms with van der Waals surface area (Å²) in [6.07, 6.45) is 1.98. The zero-order chi connectivity index (χ0) is 33.8. The quantitative estimate of drug-likeness (QED) is 0.120. The largest absolute Gasteiger partial charge is 0.506 e. The Kier molecular flexibility index (Phi) is 9.58. The number of nitrogens with zero attached hydrogens (tertiary/aromatic N) is 5. The number of benzene rings is 3. The summed E-state index contributed by atoms with van der Waals surface area (Å²) >= 11 is 7.59. The lowest BCUT2D eigenvalue weighted by molar-refractivity contribution is 0.201. The summed E-state index contributed by atoms with van der Waals surface area (Å²) in [5.74, 6) is 1.67. The molecule has 6 rings (SSSR count). The fraction of sp³-hybridized carbons (Fsp3) is 0.200. The average Bonchev–Trinajstić information content (AvgIpc) is 3.69. The summed E-state index contributed by atoms with van der Waals surface area (Å²) in [6, 6.07) is 25.5. The fourth-order valence-electron chi connectivity index (χ4n) is 4.90. The lowest BCUT2D eigenvalue weighted by Gasteiger charge is -2.14. The van der Waals surface area contributed by atoms with Crippen molar-refractivity contribution in [1.29, 1.82) is 0 Å². The first kappa shape index (κ1) is 32.9. The Labute approximate surface area is 286 Å². The maximum atomic E-state index is 13.2. The lowest BCUT2D eigenvalue weighted by Crippen LogP contribution is -2.29. The molecule has 48 heavy (non-hydrogen) atoms. The third-order valence-corrected chi connectivity index (χ3v) is 8.78. The maximum Gasteiger partial charge on any atom is 0.320 e. The van der Waals surface area contributed by atoms with Crippen molar-refractivity contribution in [2.24, 2.45) is 0 Å². The summed E-state index contributed by atoms with van der Waals surface area (Å²) in [7, 11) is 0. The summed E-state index contributed by atoms with van der Waals surface area (Å²) in [4.78, 5) is 15.1. The van der Waals surface area contributed by atoms with Crippen LogP contribution in [0.5, 0.6) is 11.5 Å². The molecule has 0 saturated heterocycles. The van der Waals surface area contributed by atoms with Gasteiger partial charge < -0.3 is 20.3 Å². The number of hydrogen-bond donors (Lipinski definition) is 4. The molecular formula is C35H34ClN7O4S. The number of halogens is 1. The molecule has 0 saturated carbocycles. The van der Waals surface area contributed by atoms with E-state index in [9.17, 15) is 9.90 Å². The van der Waals surface area contributed by atoms with Gasteiger partial charge in [-0.15, -0.1) is 10.2 Å². The third kappa shape index (κ3) is 7.41. The number of rotatable bonds is 10. The Morgan fingerprint density at radius 2 is 1.83 bits per heavy atom. The van der Waals surface area contributed by atoms with Crippen molar-refractivity contribution >= 4 is 40.9 Å². The van der Waals surface area contributed by atoms with Crippen LogP contribution in [0.3, 0.4) is 0 Å². The van der Waals surface area contributed by atoms with E-state index >= 15 is 0 Å². The number of fused-ring (bicyclic) bond motifs is 1. The predicted molar refractivity (Wildman–Crippen MR) is 186 cm³/mol. The molecular weight excluding hydrogens is 650 g/mol. The molecule has 2 amide bonds. The Bertz CT molecular complexity index is 2090. The number of pyridine rings is 1. The van der Waals surface area contributed by atoms with Crippen LogP contribution < -0.4 is 15.4 Å². The van der Waals surface area contributed by atoms with Crippen LogP contribution in [0.2, 0.25) is 5.02 Å². The van der Waals surface area contributed by atoms with Crippen molar-refractivity contribution in [3.05, 3.63) is 107 Å². The fourth-order valence-corrected chi connectivity index (χ4v) is 5.98. The van der Waals surface area contributed by atoms with E-state index in [1.165, 1.54) is 6.07 Å². The summed E-state index contributed by atoms with van der Waals surface area (Å²) in [5.41, 5.74) is 3.51. The van der Waals surface area contributed by atoms with Crippen LogP contribution in [0.4, 0.5) is 10.6 Å². The van der Waals surface area contributed by atoms with E-state index in [0.717, 1.165) is 26.6 Å². The van der Waals surface area contributed by atoms with Crippen molar-refractivity contribution in [2.75, 3.05) is 18.5 Å². The number of phenols is 1. The third-order valence-electron chi connectivity index (χ3n) is 7.36. The molecule has 3 heterocycles. The van der Waals surface area contributed by atoms with Gasteiger partial charge in [0, 0.05) is 45.6 Å². The van der Waals surface area contributed by atoms with E-state index in [-0.39, 0.29) is 35.9 Å². The minimum atomic E-state index is -0.407. The predicted octanol–water partition coefficient (Wildman–Crippen LogP) is 7.08. The van der Waals surface area contributed by atoms with Crippen LogP contribution in [-0.4, -0.2) is 53.8 Å². The van der Waals surface area contributed by atoms with Crippen molar-refractivity contribution in [3.8, 4) is 28.6 Å². The molecule has 0 unspecified atom stereocenters. The highest BCUT2D eigenvalue weighted by Gasteiger charge is 2.22. The van der Waals surface area contributed by atoms with Crippen LogP contribution in [0.25, 0.3) is 22.7 Å². The second-order valence-corrected chi connectivity index (χ2v) is 13.5. The summed E-state index contributed by atoms with van der Waals surface area (Å²) in [6.45, 7) is 6.52. The molecule has 246 valence electrons. The minimum Gasteiger partial charge on any atom is -0.506 e. The molecule has 0 bridgehead atoms. The molecule has 13 heteroatoms. The van der Waals surface area contributed by atoms with Crippen LogP contribution in [-0.2, 0) is 12.0 Å². The number of aliphatic hydroxyl groups excluding tert-OH is 1. The number of urea groups is 1. The van der Waals surface area contributed by atoms with Gasteiger partial charge in [-0.2, -0.15) is 5.10 Å². The smallest absolute Gasteiger partial charge is 0.320 e. The number of hydrogen-bond acceptors (Lipinski definition) is 8. The molecule has 0 radical (unpaired) electrons. The number of phenolic OH excluding ortho intramolecular Hbond substituents is 1. The second-order valence-electron chi connectivity index (χ2n) is 11.9. The SMILES string of the molecule is CC(C)(C)c1cc(NC(=O)NCc2ccccc2Sc2ccc3nnc(-c4cccc(OCCO)c4)n3c2)n(-c2ccc(Cl)c(O)c2)n1. The molecule has 0 atom stereocenters. The van der Waals surface area contributed by atoms with Gasteiger partial charge in [0.05, 0.1) is 23.0 Å². The van der Waals surface area contributed by atoms with E-state index in [0.29, 0.717) is 28.7 Å². The highest BCUT2D eigenvalue weighted by Crippen LogP contribution is 2.33. The number of ether oxygens (including phenoxy) is 1. The van der Waals surface area contributed by atoms with Crippen molar-refractivity contribution in [2.45, 2.75) is 42.5 Å². The number of nitrogens with one attached hydrogen (secondary N) is 2. The first-order valence-electron chi connectivity index (χ1n) is 15.2.